The Hall–Kier alpha value is -1.73. The van der Waals surface area contributed by atoms with Crippen molar-refractivity contribution in [1.82, 2.24) is 15.3 Å². The number of nitrogens with one attached hydrogen (secondary N) is 1. The molecule has 19 heavy (non-hydrogen) atoms. The largest absolute Gasteiger partial charge is 0.295 e. The zero-order valence-corrected chi connectivity index (χ0v) is 11.9. The number of nitrogens with zero attached hydrogens (tertiary/aromatic N) is 2. The Bertz CT molecular complexity index is 615. The molecule has 0 unspecified atom stereocenters. The molecule has 0 spiro atoms. The van der Waals surface area contributed by atoms with Gasteiger partial charge in [0.2, 0.25) is 0 Å². The number of carbonyl (C=O) groups is 1. The Morgan fingerprint density at radius 3 is 2.84 bits per heavy atom. The molecule has 0 saturated heterocycles. The van der Waals surface area contributed by atoms with Gasteiger partial charge in [-0.2, -0.15) is 5.10 Å². The van der Waals surface area contributed by atoms with Crippen molar-refractivity contribution in [3.05, 3.63) is 40.2 Å². The number of hydroxylamine groups is 2. The Labute approximate surface area is 117 Å². The predicted molar refractivity (Wildman–Crippen MR) is 70.8 cm³/mol. The van der Waals surface area contributed by atoms with Crippen molar-refractivity contribution >= 4 is 21.8 Å². The molecule has 0 radical (unpaired) electrons. The third kappa shape index (κ3) is 2.82. The Kier molecular flexibility index (Phi) is 3.96. The molecule has 2 rings (SSSR count). The minimum absolute atomic E-state index is 0.224. The average molecular weight is 328 g/mol. The van der Waals surface area contributed by atoms with E-state index in [2.05, 4.69) is 26.1 Å². The second-order valence-corrected chi connectivity index (χ2v) is 4.69. The van der Waals surface area contributed by atoms with Crippen molar-refractivity contribution in [2.24, 2.45) is 0 Å². The van der Waals surface area contributed by atoms with Crippen LogP contribution in [0.25, 0.3) is 11.3 Å². The zero-order chi connectivity index (χ0) is 14.0. The van der Waals surface area contributed by atoms with Crippen LogP contribution in [0.3, 0.4) is 0 Å². The number of aromatic nitrogens is 2. The Balaban J connectivity index is 2.33. The van der Waals surface area contributed by atoms with Gasteiger partial charge in [0.15, 0.2) is 0 Å². The lowest BCUT2D eigenvalue weighted by Gasteiger charge is -2.11. The van der Waals surface area contributed by atoms with Crippen molar-refractivity contribution in [1.29, 1.82) is 0 Å². The molecule has 1 aromatic heterocycles. The Morgan fingerprint density at radius 1 is 1.47 bits per heavy atom. The number of halogens is 2. The lowest BCUT2D eigenvalue weighted by Crippen LogP contribution is -2.25. The molecule has 0 atom stereocenters. The second-order valence-electron chi connectivity index (χ2n) is 3.78. The number of aromatic amines is 1. The maximum absolute atomic E-state index is 13.8. The number of hydrogen-bond acceptors (Lipinski definition) is 3. The van der Waals surface area contributed by atoms with E-state index in [0.717, 1.165) is 5.06 Å². The summed E-state index contributed by atoms with van der Waals surface area (Å²) in [7, 11) is 2.85. The first-order valence-electron chi connectivity index (χ1n) is 5.36. The molecule has 1 N–H and O–H groups in total. The summed E-state index contributed by atoms with van der Waals surface area (Å²) < 4.78 is 14.4. The van der Waals surface area contributed by atoms with Crippen molar-refractivity contribution < 1.29 is 14.0 Å². The molecule has 1 heterocycles. The van der Waals surface area contributed by atoms with Gasteiger partial charge in [-0.05, 0) is 24.3 Å². The van der Waals surface area contributed by atoms with Crippen LogP contribution in [-0.4, -0.2) is 35.3 Å². The van der Waals surface area contributed by atoms with Gasteiger partial charge in [-0.1, -0.05) is 15.9 Å². The first-order valence-corrected chi connectivity index (χ1v) is 6.15. The third-order valence-corrected chi connectivity index (χ3v) is 3.07. The van der Waals surface area contributed by atoms with E-state index < -0.39 is 11.7 Å². The number of carbonyl (C=O) groups excluding carboxylic acids is 1. The van der Waals surface area contributed by atoms with Crippen LogP contribution in [-0.2, 0) is 4.84 Å². The molecule has 0 aliphatic heterocycles. The molecular formula is C12H11BrFN3O2. The van der Waals surface area contributed by atoms with Gasteiger partial charge in [-0.25, -0.2) is 9.45 Å². The van der Waals surface area contributed by atoms with Crippen molar-refractivity contribution in [2.75, 3.05) is 14.2 Å². The lowest BCUT2D eigenvalue weighted by atomic mass is 10.1. The van der Waals surface area contributed by atoms with E-state index in [1.54, 1.807) is 12.1 Å². The first kappa shape index (κ1) is 13.7. The summed E-state index contributed by atoms with van der Waals surface area (Å²) in [6.07, 6.45) is 0. The summed E-state index contributed by atoms with van der Waals surface area (Å²) in [5, 5.41) is 7.54. The van der Waals surface area contributed by atoms with Gasteiger partial charge in [0.25, 0.3) is 5.91 Å². The molecule has 2 aromatic rings. The maximum atomic E-state index is 13.8. The van der Waals surface area contributed by atoms with Crippen molar-refractivity contribution in [3.8, 4) is 11.3 Å². The fraction of sp³-hybridized carbons (Fsp3) is 0.167. The van der Waals surface area contributed by atoms with E-state index in [1.807, 2.05) is 0 Å². The molecule has 100 valence electrons. The standard InChI is InChI=1S/C12H11BrFN3O2/c1-17(19-2)12(18)11-6-10(15-16-11)8-4-3-7(13)5-9(8)14/h3-6H,1-2H3,(H,15,16). The van der Waals surface area contributed by atoms with Crippen LogP contribution in [0.2, 0.25) is 0 Å². The van der Waals surface area contributed by atoms with E-state index in [1.165, 1.54) is 26.3 Å². The average Bonchev–Trinajstić information content (AvgIpc) is 2.86. The molecular weight excluding hydrogens is 317 g/mol. The maximum Gasteiger partial charge on any atom is 0.295 e. The second kappa shape index (κ2) is 5.50. The summed E-state index contributed by atoms with van der Waals surface area (Å²) in [6.45, 7) is 0. The number of benzene rings is 1. The zero-order valence-electron chi connectivity index (χ0n) is 10.3. The van der Waals surface area contributed by atoms with Crippen molar-refractivity contribution in [2.45, 2.75) is 0 Å². The molecule has 0 saturated carbocycles. The highest BCUT2D eigenvalue weighted by Gasteiger charge is 2.16. The highest BCUT2D eigenvalue weighted by atomic mass is 79.9. The topological polar surface area (TPSA) is 58.2 Å². The van der Waals surface area contributed by atoms with Crippen LogP contribution in [0, 0.1) is 5.82 Å². The van der Waals surface area contributed by atoms with Crippen LogP contribution in [0.5, 0.6) is 0 Å². The SMILES string of the molecule is CON(C)C(=O)c1cc(-c2ccc(Br)cc2F)n[nH]1. The van der Waals surface area contributed by atoms with Gasteiger partial charge in [0.05, 0.1) is 12.8 Å². The number of rotatable bonds is 3. The van der Waals surface area contributed by atoms with Gasteiger partial charge in [-0.3, -0.25) is 14.7 Å². The first-order chi connectivity index (χ1) is 9.02. The third-order valence-electron chi connectivity index (χ3n) is 2.58. The molecule has 0 aliphatic rings. The molecule has 5 nitrogen and oxygen atoms in total. The van der Waals surface area contributed by atoms with Gasteiger partial charge >= 0.3 is 0 Å². The quantitative estimate of drug-likeness (QED) is 0.881. The van der Waals surface area contributed by atoms with E-state index >= 15 is 0 Å². The van der Waals surface area contributed by atoms with E-state index in [0.29, 0.717) is 15.7 Å². The van der Waals surface area contributed by atoms with Crippen LogP contribution in [0.1, 0.15) is 10.5 Å². The van der Waals surface area contributed by atoms with Crippen LogP contribution >= 0.6 is 15.9 Å². The summed E-state index contributed by atoms with van der Waals surface area (Å²) in [6, 6.07) is 6.11. The van der Waals surface area contributed by atoms with Crippen LogP contribution in [0.15, 0.2) is 28.7 Å². The normalized spacial score (nSPS) is 10.5. The fourth-order valence-corrected chi connectivity index (χ4v) is 1.85. The minimum Gasteiger partial charge on any atom is -0.274 e. The Morgan fingerprint density at radius 2 is 2.21 bits per heavy atom. The molecule has 0 fully saturated rings. The summed E-state index contributed by atoms with van der Waals surface area (Å²) in [5.41, 5.74) is 0.901. The fourth-order valence-electron chi connectivity index (χ4n) is 1.52. The predicted octanol–water partition coefficient (Wildman–Crippen LogP) is 2.61. The summed E-state index contributed by atoms with van der Waals surface area (Å²) >= 11 is 3.18. The van der Waals surface area contributed by atoms with Crippen LogP contribution < -0.4 is 0 Å². The van der Waals surface area contributed by atoms with Gasteiger partial charge in [-0.15, -0.1) is 0 Å². The minimum atomic E-state index is -0.417. The van der Waals surface area contributed by atoms with Crippen molar-refractivity contribution in [3.63, 3.8) is 0 Å². The smallest absolute Gasteiger partial charge is 0.274 e. The van der Waals surface area contributed by atoms with Gasteiger partial charge in [0, 0.05) is 17.1 Å². The van der Waals surface area contributed by atoms with E-state index in [9.17, 15) is 9.18 Å². The van der Waals surface area contributed by atoms with E-state index in [-0.39, 0.29) is 5.69 Å². The molecule has 7 heteroatoms. The summed E-state index contributed by atoms with van der Waals surface area (Å²) in [5.74, 6) is -0.807. The van der Waals surface area contributed by atoms with Gasteiger partial charge < -0.3 is 0 Å². The highest BCUT2D eigenvalue weighted by molar-refractivity contribution is 9.10. The number of amides is 1. The highest BCUT2D eigenvalue weighted by Crippen LogP contribution is 2.24. The number of H-pyrrole nitrogens is 1. The van der Waals surface area contributed by atoms with E-state index in [4.69, 9.17) is 4.84 Å². The lowest BCUT2D eigenvalue weighted by molar-refractivity contribution is -0.0760. The summed E-state index contributed by atoms with van der Waals surface area (Å²) in [4.78, 5) is 16.6. The molecule has 1 amide bonds. The monoisotopic (exact) mass is 327 g/mol. The molecule has 0 bridgehead atoms. The molecule has 1 aromatic carbocycles. The molecule has 0 aliphatic carbocycles. The van der Waals surface area contributed by atoms with Gasteiger partial charge in [0.1, 0.15) is 11.5 Å². The van der Waals surface area contributed by atoms with Crippen LogP contribution in [0.4, 0.5) is 4.39 Å². The number of hydrogen-bond donors (Lipinski definition) is 1.